The van der Waals surface area contributed by atoms with Crippen LogP contribution in [0, 0.1) is 12.8 Å². The number of allylic oxidation sites excluding steroid dienone is 6. The third-order valence-corrected chi connectivity index (χ3v) is 1.43. The van der Waals surface area contributed by atoms with Crippen molar-refractivity contribution in [2.24, 2.45) is 5.92 Å². The van der Waals surface area contributed by atoms with Crippen molar-refractivity contribution in [1.29, 1.82) is 0 Å². The maximum Gasteiger partial charge on any atom is -0.0233 e. The summed E-state index contributed by atoms with van der Waals surface area (Å²) in [5.41, 5.74) is 0. The second-order valence-electron chi connectivity index (χ2n) is 2.46. The van der Waals surface area contributed by atoms with E-state index >= 15 is 0 Å². The SMILES string of the molecule is [CH2]C(/C=C/C=C/C=C/C)CC. The highest BCUT2D eigenvalue weighted by Gasteiger charge is 1.87. The molecule has 61 valence electrons. The van der Waals surface area contributed by atoms with Crippen molar-refractivity contribution >= 4 is 0 Å². The molecule has 0 rings (SSSR count). The average Bonchev–Trinajstić information content (AvgIpc) is 2.04. The Hall–Kier alpha value is -0.780. The van der Waals surface area contributed by atoms with Gasteiger partial charge in [-0.1, -0.05) is 43.4 Å². The highest BCUT2D eigenvalue weighted by atomic mass is 13.9. The van der Waals surface area contributed by atoms with Gasteiger partial charge in [-0.05, 0) is 26.2 Å². The monoisotopic (exact) mass is 149 g/mol. The molecule has 0 nitrogen and oxygen atoms in total. The van der Waals surface area contributed by atoms with Gasteiger partial charge in [-0.25, -0.2) is 0 Å². The van der Waals surface area contributed by atoms with Crippen LogP contribution in [0.3, 0.4) is 0 Å². The van der Waals surface area contributed by atoms with Crippen molar-refractivity contribution in [2.45, 2.75) is 20.3 Å². The molecule has 0 aliphatic carbocycles. The van der Waals surface area contributed by atoms with Crippen molar-refractivity contribution in [2.75, 3.05) is 0 Å². The Morgan fingerprint density at radius 3 is 2.36 bits per heavy atom. The summed E-state index contributed by atoms with van der Waals surface area (Å²) in [6, 6.07) is 0. The van der Waals surface area contributed by atoms with Gasteiger partial charge in [0, 0.05) is 0 Å². The zero-order chi connectivity index (χ0) is 8.53. The second-order valence-corrected chi connectivity index (χ2v) is 2.46. The van der Waals surface area contributed by atoms with E-state index in [1.54, 1.807) is 0 Å². The first-order chi connectivity index (χ1) is 5.31. The predicted octanol–water partition coefficient (Wildman–Crippen LogP) is 3.54. The fourth-order valence-electron chi connectivity index (χ4n) is 0.597. The minimum absolute atomic E-state index is 0.449. The molecule has 0 spiro atoms. The highest BCUT2D eigenvalue weighted by Crippen LogP contribution is 2.00. The zero-order valence-electron chi connectivity index (χ0n) is 7.46. The van der Waals surface area contributed by atoms with Gasteiger partial charge >= 0.3 is 0 Å². The maximum atomic E-state index is 3.94. The van der Waals surface area contributed by atoms with E-state index < -0.39 is 0 Å². The molecule has 0 fully saturated rings. The highest BCUT2D eigenvalue weighted by molar-refractivity contribution is 5.11. The first kappa shape index (κ1) is 10.2. The first-order valence-corrected chi connectivity index (χ1v) is 4.10. The summed E-state index contributed by atoms with van der Waals surface area (Å²) in [4.78, 5) is 0. The molecule has 0 aliphatic heterocycles. The van der Waals surface area contributed by atoms with Crippen molar-refractivity contribution in [3.63, 3.8) is 0 Å². The van der Waals surface area contributed by atoms with Crippen LogP contribution < -0.4 is 0 Å². The quantitative estimate of drug-likeness (QED) is 0.536. The van der Waals surface area contributed by atoms with E-state index in [-0.39, 0.29) is 0 Å². The average molecular weight is 149 g/mol. The molecule has 1 atom stereocenters. The van der Waals surface area contributed by atoms with Crippen LogP contribution in [-0.4, -0.2) is 0 Å². The van der Waals surface area contributed by atoms with E-state index in [0.717, 1.165) is 6.42 Å². The number of hydrogen-bond donors (Lipinski definition) is 0. The molecule has 0 heterocycles. The van der Waals surface area contributed by atoms with Gasteiger partial charge in [0.1, 0.15) is 0 Å². The normalized spacial score (nSPS) is 15.5. The third kappa shape index (κ3) is 7.11. The van der Waals surface area contributed by atoms with Crippen molar-refractivity contribution in [3.8, 4) is 0 Å². The van der Waals surface area contributed by atoms with Crippen molar-refractivity contribution in [3.05, 3.63) is 43.4 Å². The van der Waals surface area contributed by atoms with E-state index in [1.807, 2.05) is 37.3 Å². The van der Waals surface area contributed by atoms with Gasteiger partial charge in [-0.3, -0.25) is 0 Å². The molecule has 11 heavy (non-hydrogen) atoms. The topological polar surface area (TPSA) is 0 Å². The third-order valence-electron chi connectivity index (χ3n) is 1.43. The fourth-order valence-corrected chi connectivity index (χ4v) is 0.597. The molecule has 1 unspecified atom stereocenters. The second kappa shape index (κ2) is 7.33. The van der Waals surface area contributed by atoms with Gasteiger partial charge in [0.15, 0.2) is 0 Å². The molecule has 0 saturated carbocycles. The van der Waals surface area contributed by atoms with Crippen LogP contribution in [0.25, 0.3) is 0 Å². The summed E-state index contributed by atoms with van der Waals surface area (Å²) in [5.74, 6) is 0.449. The van der Waals surface area contributed by atoms with Crippen LogP contribution in [0.1, 0.15) is 20.3 Å². The minimum atomic E-state index is 0.449. The molecule has 0 aromatic carbocycles. The van der Waals surface area contributed by atoms with E-state index in [4.69, 9.17) is 0 Å². The molecule has 1 radical (unpaired) electrons. The van der Waals surface area contributed by atoms with Gasteiger partial charge in [-0.15, -0.1) is 0 Å². The molecule has 0 heteroatoms. The van der Waals surface area contributed by atoms with Crippen LogP contribution in [0.5, 0.6) is 0 Å². The van der Waals surface area contributed by atoms with Crippen LogP contribution in [0.15, 0.2) is 36.5 Å². The molecule has 0 aliphatic rings. The molecular formula is C11H17. The standard InChI is InChI=1S/C11H17/c1-4-6-7-8-9-10-11(3)5-2/h4,6-11H,3,5H2,1-2H3/b6-4+,8-7+,10-9+. The molecule has 0 bridgehead atoms. The Kier molecular flexibility index (Phi) is 6.81. The number of rotatable bonds is 4. The Morgan fingerprint density at radius 1 is 1.18 bits per heavy atom. The Bertz CT molecular complexity index is 149. The van der Waals surface area contributed by atoms with Crippen LogP contribution in [-0.2, 0) is 0 Å². The summed E-state index contributed by atoms with van der Waals surface area (Å²) in [5, 5.41) is 0. The molecule has 0 N–H and O–H groups in total. The summed E-state index contributed by atoms with van der Waals surface area (Å²) < 4.78 is 0. The Labute approximate surface area is 70.3 Å². The van der Waals surface area contributed by atoms with Crippen LogP contribution >= 0.6 is 0 Å². The maximum absolute atomic E-state index is 3.94. The zero-order valence-corrected chi connectivity index (χ0v) is 7.46. The van der Waals surface area contributed by atoms with Gasteiger partial charge < -0.3 is 0 Å². The molecule has 0 aromatic rings. The first-order valence-electron chi connectivity index (χ1n) is 4.10. The predicted molar refractivity (Wildman–Crippen MR) is 52.2 cm³/mol. The molecule has 0 amide bonds. The Morgan fingerprint density at radius 2 is 1.82 bits per heavy atom. The molecule has 0 saturated heterocycles. The lowest BCUT2D eigenvalue weighted by Gasteiger charge is -1.95. The Balaban J connectivity index is 3.58. The fraction of sp³-hybridized carbons (Fsp3) is 0.364. The summed E-state index contributed by atoms with van der Waals surface area (Å²) >= 11 is 0. The van der Waals surface area contributed by atoms with E-state index in [2.05, 4.69) is 19.9 Å². The molecular weight excluding hydrogens is 132 g/mol. The van der Waals surface area contributed by atoms with Crippen molar-refractivity contribution < 1.29 is 0 Å². The van der Waals surface area contributed by atoms with Gasteiger partial charge in [0.2, 0.25) is 0 Å². The minimum Gasteiger partial charge on any atom is -0.0877 e. The van der Waals surface area contributed by atoms with E-state index in [1.165, 1.54) is 0 Å². The lowest BCUT2D eigenvalue weighted by Crippen LogP contribution is -1.83. The van der Waals surface area contributed by atoms with Crippen LogP contribution in [0.2, 0.25) is 0 Å². The summed E-state index contributed by atoms with van der Waals surface area (Å²) in [6.45, 7) is 8.08. The number of hydrogen-bond acceptors (Lipinski definition) is 0. The van der Waals surface area contributed by atoms with Crippen LogP contribution in [0.4, 0.5) is 0 Å². The van der Waals surface area contributed by atoms with Crippen molar-refractivity contribution in [1.82, 2.24) is 0 Å². The largest absolute Gasteiger partial charge is 0.0877 e. The summed E-state index contributed by atoms with van der Waals surface area (Å²) in [6.07, 6.45) is 13.3. The van der Waals surface area contributed by atoms with Gasteiger partial charge in [0.25, 0.3) is 0 Å². The van der Waals surface area contributed by atoms with E-state index in [9.17, 15) is 0 Å². The lowest BCUT2D eigenvalue weighted by molar-refractivity contribution is 0.770. The van der Waals surface area contributed by atoms with E-state index in [0.29, 0.717) is 5.92 Å². The van der Waals surface area contributed by atoms with Gasteiger partial charge in [-0.2, -0.15) is 0 Å². The smallest absolute Gasteiger partial charge is 0.0233 e. The lowest BCUT2D eigenvalue weighted by atomic mass is 10.1. The van der Waals surface area contributed by atoms with Gasteiger partial charge in [0.05, 0.1) is 0 Å². The summed E-state index contributed by atoms with van der Waals surface area (Å²) in [7, 11) is 0. The molecule has 0 aromatic heterocycles.